The highest BCUT2D eigenvalue weighted by Gasteiger charge is 2.15. The molecule has 2 aromatic carbocycles. The van der Waals surface area contributed by atoms with Crippen LogP contribution in [0.4, 0.5) is 5.69 Å². The van der Waals surface area contributed by atoms with Crippen LogP contribution in [0.2, 0.25) is 6.82 Å². The normalized spacial score (nSPS) is 16.2. The van der Waals surface area contributed by atoms with E-state index in [9.17, 15) is 9.23 Å². The summed E-state index contributed by atoms with van der Waals surface area (Å²) in [6, 6.07) is 11.9. The Morgan fingerprint density at radius 1 is 1.21 bits per heavy atom. The third-order valence-corrected chi connectivity index (χ3v) is 5.46. The Balaban J connectivity index is 1.67. The molecule has 7 heteroatoms. The van der Waals surface area contributed by atoms with Crippen LogP contribution < -0.4 is 9.96 Å². The van der Waals surface area contributed by atoms with Crippen LogP contribution in [0.1, 0.15) is 0 Å². The molecule has 1 heterocycles. The predicted molar refractivity (Wildman–Crippen MR) is 101 cm³/mol. The highest BCUT2D eigenvalue weighted by atomic mass is 32.2. The molecule has 2 N–H and O–H groups in total. The standard InChI is InChI=1S/C17H23BN2O3S/c1-18(21)19-16-6-7-17(15-5-3-2-4-14(15)16)23-11-8-20-9-12-24(22)13-10-20/h2-7,19,21H,8-13H2,1H3. The molecule has 0 bridgehead atoms. The van der Waals surface area contributed by atoms with Crippen molar-refractivity contribution < 1.29 is 14.0 Å². The van der Waals surface area contributed by atoms with Crippen molar-refractivity contribution in [2.75, 3.05) is 43.0 Å². The van der Waals surface area contributed by atoms with E-state index in [1.807, 2.05) is 36.4 Å². The van der Waals surface area contributed by atoms with E-state index in [1.54, 1.807) is 6.82 Å². The van der Waals surface area contributed by atoms with Gasteiger partial charge in [0.1, 0.15) is 12.4 Å². The molecule has 0 spiro atoms. The van der Waals surface area contributed by atoms with Crippen LogP contribution in [-0.4, -0.2) is 58.9 Å². The van der Waals surface area contributed by atoms with E-state index in [0.29, 0.717) is 6.61 Å². The van der Waals surface area contributed by atoms with E-state index in [0.717, 1.165) is 53.3 Å². The third kappa shape index (κ3) is 4.29. The lowest BCUT2D eigenvalue weighted by Gasteiger charge is -2.26. The van der Waals surface area contributed by atoms with Gasteiger partial charge in [-0.1, -0.05) is 24.3 Å². The maximum absolute atomic E-state index is 11.4. The number of hydrogen-bond donors (Lipinski definition) is 2. The quantitative estimate of drug-likeness (QED) is 0.781. The van der Waals surface area contributed by atoms with Gasteiger partial charge in [-0.3, -0.25) is 9.11 Å². The second kappa shape index (κ2) is 8.01. The fraction of sp³-hybridized carbons (Fsp3) is 0.412. The Morgan fingerprint density at radius 3 is 2.62 bits per heavy atom. The monoisotopic (exact) mass is 346 g/mol. The van der Waals surface area contributed by atoms with Gasteiger partial charge in [0.05, 0.1) is 0 Å². The number of nitrogens with zero attached hydrogens (tertiary/aromatic N) is 1. The fourth-order valence-electron chi connectivity index (χ4n) is 2.93. The smallest absolute Gasteiger partial charge is 0.406 e. The molecule has 1 saturated heterocycles. The predicted octanol–water partition coefficient (Wildman–Crippen LogP) is 1.81. The largest absolute Gasteiger partial charge is 0.492 e. The third-order valence-electron chi connectivity index (χ3n) is 4.18. The molecule has 1 aliphatic heterocycles. The molecule has 0 amide bonds. The number of anilines is 1. The molecule has 0 radical (unpaired) electrons. The van der Waals surface area contributed by atoms with Gasteiger partial charge < -0.3 is 15.0 Å². The van der Waals surface area contributed by atoms with Gasteiger partial charge in [0, 0.05) is 58.4 Å². The zero-order valence-electron chi connectivity index (χ0n) is 13.9. The maximum atomic E-state index is 11.4. The molecule has 2 aromatic rings. The molecule has 24 heavy (non-hydrogen) atoms. The molecule has 1 fully saturated rings. The fourth-order valence-corrected chi connectivity index (χ4v) is 4.06. The number of hydrogen-bond acceptors (Lipinski definition) is 5. The number of rotatable bonds is 6. The molecule has 0 aromatic heterocycles. The number of nitrogens with one attached hydrogen (secondary N) is 1. The summed E-state index contributed by atoms with van der Waals surface area (Å²) in [7, 11) is -1.25. The zero-order valence-corrected chi connectivity index (χ0v) is 14.7. The summed E-state index contributed by atoms with van der Waals surface area (Å²) >= 11 is 0. The van der Waals surface area contributed by atoms with Crippen LogP contribution >= 0.6 is 0 Å². The lowest BCUT2D eigenvalue weighted by molar-refractivity contribution is 0.222. The zero-order chi connectivity index (χ0) is 16.9. The minimum Gasteiger partial charge on any atom is -0.492 e. The van der Waals surface area contributed by atoms with Gasteiger partial charge in [0.25, 0.3) is 0 Å². The summed E-state index contributed by atoms with van der Waals surface area (Å²) in [4.78, 5) is 2.30. The first kappa shape index (κ1) is 17.3. The van der Waals surface area contributed by atoms with Gasteiger partial charge in [-0.25, -0.2) is 0 Å². The van der Waals surface area contributed by atoms with Crippen LogP contribution in [0.5, 0.6) is 5.75 Å². The average molecular weight is 346 g/mol. The first-order chi connectivity index (χ1) is 11.6. The van der Waals surface area contributed by atoms with E-state index >= 15 is 0 Å². The summed E-state index contributed by atoms with van der Waals surface area (Å²) in [5.74, 6) is 2.38. The molecule has 5 nitrogen and oxygen atoms in total. The van der Waals surface area contributed by atoms with Crippen molar-refractivity contribution in [3.05, 3.63) is 36.4 Å². The van der Waals surface area contributed by atoms with Crippen molar-refractivity contribution in [2.24, 2.45) is 0 Å². The first-order valence-electron chi connectivity index (χ1n) is 8.30. The van der Waals surface area contributed by atoms with Crippen molar-refractivity contribution in [1.29, 1.82) is 0 Å². The SMILES string of the molecule is CB(O)Nc1ccc(OCCN2CCS(=O)CC2)c2ccccc12. The van der Waals surface area contributed by atoms with Crippen molar-refractivity contribution in [1.82, 2.24) is 4.90 Å². The summed E-state index contributed by atoms with van der Waals surface area (Å²) in [5, 5.41) is 14.7. The van der Waals surface area contributed by atoms with Crippen LogP contribution in [-0.2, 0) is 10.8 Å². The molecule has 0 saturated carbocycles. The van der Waals surface area contributed by atoms with E-state index in [2.05, 4.69) is 10.1 Å². The van der Waals surface area contributed by atoms with E-state index in [4.69, 9.17) is 4.74 Å². The molecule has 3 rings (SSSR count). The lowest BCUT2D eigenvalue weighted by atomic mass is 9.87. The Bertz CT molecular complexity index is 716. The number of ether oxygens (including phenoxy) is 1. The maximum Gasteiger partial charge on any atom is 0.406 e. The summed E-state index contributed by atoms with van der Waals surface area (Å²) in [5.41, 5.74) is 0.895. The molecule has 0 aliphatic carbocycles. The van der Waals surface area contributed by atoms with Crippen LogP contribution in [0.25, 0.3) is 10.8 Å². The molecule has 1 aliphatic rings. The van der Waals surface area contributed by atoms with Crippen molar-refractivity contribution >= 4 is 34.3 Å². The Kier molecular flexibility index (Phi) is 5.76. The Morgan fingerprint density at radius 2 is 1.92 bits per heavy atom. The molecular weight excluding hydrogens is 323 g/mol. The Hall–Kier alpha value is -1.57. The molecule has 128 valence electrons. The topological polar surface area (TPSA) is 61.8 Å². The van der Waals surface area contributed by atoms with Gasteiger partial charge >= 0.3 is 7.05 Å². The summed E-state index contributed by atoms with van der Waals surface area (Å²) < 4.78 is 17.4. The molecule has 0 unspecified atom stereocenters. The van der Waals surface area contributed by atoms with Gasteiger partial charge in [-0.2, -0.15) is 0 Å². The van der Waals surface area contributed by atoms with Crippen molar-refractivity contribution in [3.8, 4) is 5.75 Å². The minimum atomic E-state index is -0.639. The van der Waals surface area contributed by atoms with Gasteiger partial charge in [0.15, 0.2) is 0 Å². The van der Waals surface area contributed by atoms with Gasteiger partial charge in [0.2, 0.25) is 0 Å². The van der Waals surface area contributed by atoms with Crippen LogP contribution in [0.15, 0.2) is 36.4 Å². The highest BCUT2D eigenvalue weighted by Crippen LogP contribution is 2.31. The molecular formula is C17H23BN2O3S. The second-order valence-electron chi connectivity index (χ2n) is 6.02. The van der Waals surface area contributed by atoms with E-state index in [1.165, 1.54) is 0 Å². The lowest BCUT2D eigenvalue weighted by Crippen LogP contribution is -2.39. The second-order valence-corrected chi connectivity index (χ2v) is 7.71. The van der Waals surface area contributed by atoms with Gasteiger partial charge in [-0.15, -0.1) is 0 Å². The first-order valence-corrected chi connectivity index (χ1v) is 9.79. The van der Waals surface area contributed by atoms with Crippen LogP contribution in [0, 0.1) is 0 Å². The van der Waals surface area contributed by atoms with Crippen molar-refractivity contribution in [3.63, 3.8) is 0 Å². The van der Waals surface area contributed by atoms with Crippen molar-refractivity contribution in [2.45, 2.75) is 6.82 Å². The van der Waals surface area contributed by atoms with Gasteiger partial charge in [-0.05, 0) is 19.0 Å². The van der Waals surface area contributed by atoms with Crippen LogP contribution in [0.3, 0.4) is 0 Å². The molecule has 0 atom stereocenters. The minimum absolute atomic E-state index is 0.607. The van der Waals surface area contributed by atoms with E-state index < -0.39 is 17.9 Å². The van der Waals surface area contributed by atoms with E-state index in [-0.39, 0.29) is 0 Å². The average Bonchev–Trinajstić information content (AvgIpc) is 2.58. The summed E-state index contributed by atoms with van der Waals surface area (Å²) in [6.45, 7) is 4.92. The Labute approximate surface area is 145 Å². The number of fused-ring (bicyclic) bond motifs is 1. The highest BCUT2D eigenvalue weighted by molar-refractivity contribution is 7.85. The summed E-state index contributed by atoms with van der Waals surface area (Å²) in [6.07, 6.45) is 0. The number of benzene rings is 2.